The van der Waals surface area contributed by atoms with E-state index in [9.17, 15) is 9.90 Å². The summed E-state index contributed by atoms with van der Waals surface area (Å²) in [5.74, 6) is 0.0274. The molecule has 1 aromatic carbocycles. The Bertz CT molecular complexity index is 617. The summed E-state index contributed by atoms with van der Waals surface area (Å²) in [5.41, 5.74) is 0.992. The van der Waals surface area contributed by atoms with Crippen LogP contribution in [-0.4, -0.2) is 22.7 Å². The van der Waals surface area contributed by atoms with E-state index in [1.54, 1.807) is 0 Å². The molecule has 0 aliphatic carbocycles. The van der Waals surface area contributed by atoms with Crippen molar-refractivity contribution in [2.24, 2.45) is 0 Å². The Morgan fingerprint density at radius 3 is 2.52 bits per heavy atom. The Kier molecular flexibility index (Phi) is 4.96. The average molecular weight is 305 g/mol. The fourth-order valence-corrected chi connectivity index (χ4v) is 2.91. The fraction of sp³-hybridized carbons (Fsp3) is 0.375. The molecule has 0 spiro atoms. The van der Waals surface area contributed by atoms with E-state index in [-0.39, 0.29) is 11.6 Å². The van der Waals surface area contributed by atoms with Crippen molar-refractivity contribution in [3.05, 3.63) is 35.0 Å². The Balaban J connectivity index is 2.34. The van der Waals surface area contributed by atoms with Gasteiger partial charge in [0.05, 0.1) is 16.5 Å². The van der Waals surface area contributed by atoms with Crippen LogP contribution in [0.25, 0.3) is 10.4 Å². The Hall–Kier alpha value is -1.88. The van der Waals surface area contributed by atoms with Crippen molar-refractivity contribution >= 4 is 17.3 Å². The zero-order valence-electron chi connectivity index (χ0n) is 12.4. The summed E-state index contributed by atoms with van der Waals surface area (Å²) in [6, 6.07) is 7.50. The zero-order chi connectivity index (χ0) is 15.4. The molecule has 4 nitrogen and oxygen atoms in total. The van der Waals surface area contributed by atoms with E-state index in [4.69, 9.17) is 4.74 Å². The predicted molar refractivity (Wildman–Crippen MR) is 84.4 cm³/mol. The van der Waals surface area contributed by atoms with Gasteiger partial charge < -0.3 is 9.84 Å². The molecular weight excluding hydrogens is 286 g/mol. The number of aromatic nitrogens is 1. The largest absolute Gasteiger partial charge is 0.494 e. The maximum absolute atomic E-state index is 11.4. The lowest BCUT2D eigenvalue weighted by Gasteiger charge is -2.05. The topological polar surface area (TPSA) is 59.4 Å². The molecule has 1 heterocycles. The number of thiazole rings is 1. The minimum absolute atomic E-state index is 0.130. The molecule has 0 amide bonds. The summed E-state index contributed by atoms with van der Waals surface area (Å²) in [5, 5.41) is 10.2. The number of benzene rings is 1. The maximum Gasteiger partial charge on any atom is 0.356 e. The average Bonchev–Trinajstić information content (AvgIpc) is 2.91. The lowest BCUT2D eigenvalue weighted by Crippen LogP contribution is -1.99. The minimum atomic E-state index is -0.987. The highest BCUT2D eigenvalue weighted by molar-refractivity contribution is 7.15. The molecule has 0 saturated carbocycles. The number of ether oxygens (including phenoxy) is 1. The summed E-state index contributed by atoms with van der Waals surface area (Å²) in [4.78, 5) is 16.3. The van der Waals surface area contributed by atoms with Crippen LogP contribution in [0.5, 0.6) is 5.75 Å². The molecule has 0 atom stereocenters. The molecule has 0 saturated heterocycles. The highest BCUT2D eigenvalue weighted by Crippen LogP contribution is 2.34. The summed E-state index contributed by atoms with van der Waals surface area (Å²) in [6.45, 7) is 6.75. The van der Waals surface area contributed by atoms with Gasteiger partial charge in [0, 0.05) is 5.92 Å². The van der Waals surface area contributed by atoms with Crippen LogP contribution in [-0.2, 0) is 0 Å². The summed E-state index contributed by atoms with van der Waals surface area (Å²) >= 11 is 1.44. The van der Waals surface area contributed by atoms with Crippen molar-refractivity contribution in [1.29, 1.82) is 0 Å². The van der Waals surface area contributed by atoms with E-state index in [0.717, 1.165) is 22.7 Å². The van der Waals surface area contributed by atoms with Gasteiger partial charge in [0.25, 0.3) is 0 Å². The van der Waals surface area contributed by atoms with Crippen molar-refractivity contribution in [1.82, 2.24) is 4.98 Å². The minimum Gasteiger partial charge on any atom is -0.494 e. The van der Waals surface area contributed by atoms with Gasteiger partial charge in [0.2, 0.25) is 0 Å². The van der Waals surface area contributed by atoms with Crippen molar-refractivity contribution in [2.75, 3.05) is 6.61 Å². The van der Waals surface area contributed by atoms with E-state index in [1.807, 2.05) is 38.1 Å². The van der Waals surface area contributed by atoms with E-state index >= 15 is 0 Å². The molecule has 1 aromatic heterocycles. The lowest BCUT2D eigenvalue weighted by molar-refractivity contribution is 0.0692. The second kappa shape index (κ2) is 6.72. The summed E-state index contributed by atoms with van der Waals surface area (Å²) in [6.07, 6.45) is 0.956. The molecule has 1 N–H and O–H groups in total. The van der Waals surface area contributed by atoms with E-state index in [0.29, 0.717) is 11.5 Å². The van der Waals surface area contributed by atoms with Gasteiger partial charge in [-0.25, -0.2) is 9.78 Å². The third kappa shape index (κ3) is 3.61. The van der Waals surface area contributed by atoms with Crippen LogP contribution in [0.3, 0.4) is 0 Å². The van der Waals surface area contributed by atoms with E-state index < -0.39 is 5.97 Å². The molecule has 0 radical (unpaired) electrons. The first-order valence-electron chi connectivity index (χ1n) is 7.00. The third-order valence-corrected chi connectivity index (χ3v) is 4.33. The standard InChI is InChI=1S/C16H19NO3S/c1-4-9-20-12-7-5-11(6-8-12)14-13(16(18)19)17-15(21-14)10(2)3/h5-8,10H,4,9H2,1-3H3,(H,18,19). The molecule has 2 rings (SSSR count). The third-order valence-electron chi connectivity index (χ3n) is 2.93. The molecular formula is C16H19NO3S. The van der Waals surface area contributed by atoms with Crippen LogP contribution in [0.4, 0.5) is 0 Å². The van der Waals surface area contributed by atoms with Gasteiger partial charge >= 0.3 is 5.97 Å². The Morgan fingerprint density at radius 1 is 1.33 bits per heavy atom. The summed E-state index contributed by atoms with van der Waals surface area (Å²) < 4.78 is 5.54. The van der Waals surface area contributed by atoms with Crippen LogP contribution < -0.4 is 4.74 Å². The summed E-state index contributed by atoms with van der Waals surface area (Å²) in [7, 11) is 0. The van der Waals surface area contributed by atoms with Crippen LogP contribution in [0.15, 0.2) is 24.3 Å². The van der Waals surface area contributed by atoms with Gasteiger partial charge in [-0.1, -0.05) is 20.8 Å². The number of aromatic carboxylic acids is 1. The molecule has 0 bridgehead atoms. The van der Waals surface area contributed by atoms with Crippen LogP contribution >= 0.6 is 11.3 Å². The Morgan fingerprint density at radius 2 is 2.00 bits per heavy atom. The number of hydrogen-bond acceptors (Lipinski definition) is 4. The van der Waals surface area contributed by atoms with E-state index in [2.05, 4.69) is 11.9 Å². The Labute approximate surface area is 128 Å². The van der Waals surface area contributed by atoms with Gasteiger partial charge in [-0.05, 0) is 36.2 Å². The highest BCUT2D eigenvalue weighted by atomic mass is 32.1. The van der Waals surface area contributed by atoms with Crippen molar-refractivity contribution < 1.29 is 14.6 Å². The SMILES string of the molecule is CCCOc1ccc(-c2sc(C(C)C)nc2C(=O)O)cc1. The highest BCUT2D eigenvalue weighted by Gasteiger charge is 2.20. The first-order valence-corrected chi connectivity index (χ1v) is 7.81. The zero-order valence-corrected chi connectivity index (χ0v) is 13.2. The molecule has 0 aliphatic heterocycles. The van der Waals surface area contributed by atoms with Gasteiger partial charge in [-0.3, -0.25) is 0 Å². The second-order valence-corrected chi connectivity index (χ2v) is 6.09. The molecule has 0 aliphatic rings. The lowest BCUT2D eigenvalue weighted by atomic mass is 10.1. The number of rotatable bonds is 6. The van der Waals surface area contributed by atoms with Gasteiger partial charge in [-0.15, -0.1) is 11.3 Å². The number of carboxylic acids is 1. The molecule has 2 aromatic rings. The van der Waals surface area contributed by atoms with Crippen molar-refractivity contribution in [2.45, 2.75) is 33.1 Å². The number of carboxylic acid groups (broad SMARTS) is 1. The molecule has 112 valence electrons. The van der Waals surface area contributed by atoms with Crippen molar-refractivity contribution in [3.8, 4) is 16.2 Å². The monoisotopic (exact) mass is 305 g/mol. The molecule has 0 fully saturated rings. The quantitative estimate of drug-likeness (QED) is 0.858. The van der Waals surface area contributed by atoms with Gasteiger partial charge in [-0.2, -0.15) is 0 Å². The van der Waals surface area contributed by atoms with Crippen LogP contribution in [0, 0.1) is 0 Å². The molecule has 0 unspecified atom stereocenters. The molecule has 5 heteroatoms. The van der Waals surface area contributed by atoms with Crippen LogP contribution in [0.2, 0.25) is 0 Å². The number of carbonyl (C=O) groups is 1. The van der Waals surface area contributed by atoms with Crippen LogP contribution in [0.1, 0.15) is 48.6 Å². The van der Waals surface area contributed by atoms with E-state index in [1.165, 1.54) is 11.3 Å². The fourth-order valence-electron chi connectivity index (χ4n) is 1.85. The number of hydrogen-bond donors (Lipinski definition) is 1. The number of nitrogens with zero attached hydrogens (tertiary/aromatic N) is 1. The predicted octanol–water partition coefficient (Wildman–Crippen LogP) is 4.42. The normalized spacial score (nSPS) is 10.9. The van der Waals surface area contributed by atoms with Gasteiger partial charge in [0.1, 0.15) is 5.75 Å². The van der Waals surface area contributed by atoms with Gasteiger partial charge in [0.15, 0.2) is 5.69 Å². The first kappa shape index (κ1) is 15.5. The first-order chi connectivity index (χ1) is 10.0. The second-order valence-electron chi connectivity index (χ2n) is 5.06. The van der Waals surface area contributed by atoms with Crippen molar-refractivity contribution in [3.63, 3.8) is 0 Å². The smallest absolute Gasteiger partial charge is 0.356 e. The molecule has 21 heavy (non-hydrogen) atoms. The maximum atomic E-state index is 11.4.